The van der Waals surface area contributed by atoms with Crippen molar-refractivity contribution in [1.29, 1.82) is 0 Å². The van der Waals surface area contributed by atoms with Crippen LogP contribution in [0.1, 0.15) is 34.0 Å². The molecule has 0 saturated carbocycles. The zero-order chi connectivity index (χ0) is 26.7. The SMILES string of the molecule is CCOc1cc(COc2c(Br)cc(/C=N/NC(=O)c3ccccc3)cc2Br)ccc1OCc1ccccc1. The summed E-state index contributed by atoms with van der Waals surface area (Å²) in [7, 11) is 0. The summed E-state index contributed by atoms with van der Waals surface area (Å²) in [6.07, 6.45) is 1.57. The molecule has 4 aromatic rings. The van der Waals surface area contributed by atoms with Crippen molar-refractivity contribution in [2.45, 2.75) is 20.1 Å². The molecule has 0 saturated heterocycles. The van der Waals surface area contributed by atoms with E-state index in [0.717, 1.165) is 25.6 Å². The fourth-order valence-electron chi connectivity index (χ4n) is 3.53. The Balaban J connectivity index is 1.38. The Kier molecular flexibility index (Phi) is 9.95. The van der Waals surface area contributed by atoms with Crippen molar-refractivity contribution in [1.82, 2.24) is 5.43 Å². The van der Waals surface area contributed by atoms with Gasteiger partial charge >= 0.3 is 0 Å². The molecule has 0 atom stereocenters. The van der Waals surface area contributed by atoms with E-state index in [2.05, 4.69) is 42.4 Å². The fraction of sp³-hybridized carbons (Fsp3) is 0.133. The van der Waals surface area contributed by atoms with E-state index in [9.17, 15) is 4.79 Å². The normalized spacial score (nSPS) is 10.8. The first-order chi connectivity index (χ1) is 18.5. The van der Waals surface area contributed by atoms with Crippen LogP contribution in [0.4, 0.5) is 0 Å². The molecule has 0 spiro atoms. The number of carbonyl (C=O) groups is 1. The Labute approximate surface area is 238 Å². The minimum atomic E-state index is -0.275. The predicted molar refractivity (Wildman–Crippen MR) is 156 cm³/mol. The molecule has 0 fully saturated rings. The van der Waals surface area contributed by atoms with Crippen molar-refractivity contribution in [3.63, 3.8) is 0 Å². The number of hydrogen-bond donors (Lipinski definition) is 1. The summed E-state index contributed by atoms with van der Waals surface area (Å²) in [5.41, 5.74) is 5.88. The van der Waals surface area contributed by atoms with Crippen molar-refractivity contribution in [2.24, 2.45) is 5.10 Å². The van der Waals surface area contributed by atoms with Gasteiger partial charge in [-0.1, -0.05) is 54.6 Å². The molecule has 4 aromatic carbocycles. The Morgan fingerprint density at radius 2 is 1.45 bits per heavy atom. The van der Waals surface area contributed by atoms with Gasteiger partial charge in [0, 0.05) is 5.56 Å². The average molecular weight is 638 g/mol. The van der Waals surface area contributed by atoms with Crippen LogP contribution in [-0.2, 0) is 13.2 Å². The molecular formula is C30H26Br2N2O4. The number of nitrogens with zero attached hydrogens (tertiary/aromatic N) is 1. The Morgan fingerprint density at radius 3 is 2.13 bits per heavy atom. The van der Waals surface area contributed by atoms with Gasteiger partial charge in [-0.3, -0.25) is 4.79 Å². The first kappa shape index (κ1) is 27.4. The molecule has 0 unspecified atom stereocenters. The van der Waals surface area contributed by atoms with Gasteiger partial charge in [0.25, 0.3) is 5.91 Å². The van der Waals surface area contributed by atoms with Gasteiger partial charge in [-0.05, 0) is 91.9 Å². The van der Waals surface area contributed by atoms with E-state index in [1.807, 2.05) is 73.7 Å². The van der Waals surface area contributed by atoms with E-state index < -0.39 is 0 Å². The first-order valence-corrected chi connectivity index (χ1v) is 13.5. The van der Waals surface area contributed by atoms with E-state index in [1.165, 1.54) is 0 Å². The van der Waals surface area contributed by atoms with E-state index in [-0.39, 0.29) is 5.91 Å². The van der Waals surface area contributed by atoms with Crippen molar-refractivity contribution in [3.05, 3.63) is 122 Å². The summed E-state index contributed by atoms with van der Waals surface area (Å²) >= 11 is 7.15. The van der Waals surface area contributed by atoms with Gasteiger partial charge in [-0.15, -0.1) is 0 Å². The Bertz CT molecular complexity index is 1370. The highest BCUT2D eigenvalue weighted by atomic mass is 79.9. The molecule has 0 aromatic heterocycles. The molecular weight excluding hydrogens is 612 g/mol. The Hall–Kier alpha value is -3.62. The van der Waals surface area contributed by atoms with Gasteiger partial charge in [0.2, 0.25) is 0 Å². The standard InChI is InChI=1S/C30H26Br2N2O4/c1-2-36-28-17-22(13-14-27(28)37-19-21-9-5-3-6-10-21)20-38-29-25(31)15-23(16-26(29)32)18-33-34-30(35)24-11-7-4-8-12-24/h3-18H,2,19-20H2,1H3,(H,34,35)/b33-18+. The van der Waals surface area contributed by atoms with Gasteiger partial charge in [0.05, 0.1) is 21.8 Å². The number of hydrazone groups is 1. The molecule has 0 radical (unpaired) electrons. The third-order valence-corrected chi connectivity index (χ3v) is 6.54. The molecule has 38 heavy (non-hydrogen) atoms. The highest BCUT2D eigenvalue weighted by Crippen LogP contribution is 2.36. The topological polar surface area (TPSA) is 69.2 Å². The number of benzene rings is 4. The minimum absolute atomic E-state index is 0.275. The zero-order valence-electron chi connectivity index (χ0n) is 20.7. The van der Waals surface area contributed by atoms with Gasteiger partial charge in [-0.2, -0.15) is 5.10 Å². The average Bonchev–Trinajstić information content (AvgIpc) is 2.93. The molecule has 6 nitrogen and oxygen atoms in total. The number of nitrogens with one attached hydrogen (secondary N) is 1. The van der Waals surface area contributed by atoms with Crippen molar-refractivity contribution in [2.75, 3.05) is 6.61 Å². The summed E-state index contributed by atoms with van der Waals surface area (Å²) in [5, 5.41) is 4.06. The maximum Gasteiger partial charge on any atom is 0.271 e. The lowest BCUT2D eigenvalue weighted by molar-refractivity contribution is 0.0955. The third kappa shape index (κ3) is 7.69. The highest BCUT2D eigenvalue weighted by Gasteiger charge is 2.12. The maximum absolute atomic E-state index is 12.2. The van der Waals surface area contributed by atoms with E-state index in [0.29, 0.717) is 42.6 Å². The number of ether oxygens (including phenoxy) is 3. The van der Waals surface area contributed by atoms with Crippen molar-refractivity contribution < 1.29 is 19.0 Å². The van der Waals surface area contributed by atoms with E-state index in [1.54, 1.807) is 30.5 Å². The monoisotopic (exact) mass is 636 g/mol. The maximum atomic E-state index is 12.2. The molecule has 1 amide bonds. The number of carbonyl (C=O) groups excluding carboxylic acids is 1. The van der Waals surface area contributed by atoms with Crippen LogP contribution in [0.25, 0.3) is 0 Å². The molecule has 0 bridgehead atoms. The van der Waals surface area contributed by atoms with Gasteiger partial charge in [-0.25, -0.2) is 5.43 Å². The molecule has 0 aliphatic rings. The van der Waals surface area contributed by atoms with Gasteiger partial charge in [0.15, 0.2) is 11.5 Å². The Morgan fingerprint density at radius 1 is 0.789 bits per heavy atom. The quantitative estimate of drug-likeness (QED) is 0.136. The van der Waals surface area contributed by atoms with E-state index >= 15 is 0 Å². The first-order valence-electron chi connectivity index (χ1n) is 12.0. The van der Waals surface area contributed by atoms with Crippen LogP contribution < -0.4 is 19.6 Å². The summed E-state index contributed by atoms with van der Waals surface area (Å²) in [6.45, 7) is 3.26. The van der Waals surface area contributed by atoms with Crippen LogP contribution in [0, 0.1) is 0 Å². The van der Waals surface area contributed by atoms with Crippen LogP contribution in [0.5, 0.6) is 17.2 Å². The number of hydrogen-bond acceptors (Lipinski definition) is 5. The summed E-state index contributed by atoms with van der Waals surface area (Å²) < 4.78 is 19.4. The number of amides is 1. The van der Waals surface area contributed by atoms with Crippen molar-refractivity contribution in [3.8, 4) is 17.2 Å². The largest absolute Gasteiger partial charge is 0.490 e. The molecule has 0 aliphatic heterocycles. The number of halogens is 2. The second-order valence-electron chi connectivity index (χ2n) is 8.16. The second kappa shape index (κ2) is 13.8. The van der Waals surface area contributed by atoms with Crippen LogP contribution in [-0.4, -0.2) is 18.7 Å². The third-order valence-electron chi connectivity index (χ3n) is 5.36. The fourth-order valence-corrected chi connectivity index (χ4v) is 4.98. The zero-order valence-corrected chi connectivity index (χ0v) is 23.9. The van der Waals surface area contributed by atoms with Crippen molar-refractivity contribution >= 4 is 44.0 Å². The summed E-state index contributed by atoms with van der Waals surface area (Å²) in [6, 6.07) is 28.4. The summed E-state index contributed by atoms with van der Waals surface area (Å²) in [4.78, 5) is 12.2. The van der Waals surface area contributed by atoms with Crippen LogP contribution >= 0.6 is 31.9 Å². The molecule has 0 aliphatic carbocycles. The van der Waals surface area contributed by atoms with Gasteiger partial charge < -0.3 is 14.2 Å². The molecule has 4 rings (SSSR count). The predicted octanol–water partition coefficient (Wildman–Crippen LogP) is 7.53. The summed E-state index contributed by atoms with van der Waals surface area (Å²) in [5.74, 6) is 1.73. The molecule has 0 heterocycles. The molecule has 8 heteroatoms. The van der Waals surface area contributed by atoms with Gasteiger partial charge in [0.1, 0.15) is 19.0 Å². The van der Waals surface area contributed by atoms with E-state index in [4.69, 9.17) is 14.2 Å². The second-order valence-corrected chi connectivity index (χ2v) is 9.86. The smallest absolute Gasteiger partial charge is 0.271 e. The molecule has 194 valence electrons. The minimum Gasteiger partial charge on any atom is -0.490 e. The van der Waals surface area contributed by atoms with Crippen LogP contribution in [0.2, 0.25) is 0 Å². The number of rotatable bonds is 11. The van der Waals surface area contributed by atoms with Crippen LogP contribution in [0.3, 0.4) is 0 Å². The van der Waals surface area contributed by atoms with Crippen LogP contribution in [0.15, 0.2) is 105 Å². The highest BCUT2D eigenvalue weighted by molar-refractivity contribution is 9.11. The molecule has 1 N–H and O–H groups in total. The lowest BCUT2D eigenvalue weighted by Gasteiger charge is -2.15. The lowest BCUT2D eigenvalue weighted by Crippen LogP contribution is -2.17. The lowest BCUT2D eigenvalue weighted by atomic mass is 10.2.